The highest BCUT2D eigenvalue weighted by Crippen LogP contribution is 2.21. The molecule has 8 heteroatoms. The van der Waals surface area contributed by atoms with Crippen LogP contribution in [0.4, 0.5) is 5.69 Å². The summed E-state index contributed by atoms with van der Waals surface area (Å²) in [4.78, 5) is 19.4. The molecule has 1 aromatic carbocycles. The van der Waals surface area contributed by atoms with Crippen molar-refractivity contribution in [1.29, 1.82) is 0 Å². The number of rotatable bonds is 3. The van der Waals surface area contributed by atoms with E-state index < -0.39 is 4.92 Å². The summed E-state index contributed by atoms with van der Waals surface area (Å²) in [5, 5.41) is 15.9. The van der Waals surface area contributed by atoms with Crippen LogP contribution in [-0.2, 0) is 6.54 Å². The third-order valence-corrected chi connectivity index (χ3v) is 3.96. The summed E-state index contributed by atoms with van der Waals surface area (Å²) in [5.74, 6) is 0.662. The molecule has 0 aliphatic carbocycles. The first kappa shape index (κ1) is 14.3. The Bertz CT molecular complexity index is 1090. The van der Waals surface area contributed by atoms with Crippen LogP contribution in [0, 0.1) is 24.0 Å². The van der Waals surface area contributed by atoms with Crippen LogP contribution in [0.15, 0.2) is 36.7 Å². The van der Waals surface area contributed by atoms with Crippen molar-refractivity contribution in [3.8, 4) is 0 Å². The first-order valence-electron chi connectivity index (χ1n) is 7.43. The summed E-state index contributed by atoms with van der Waals surface area (Å²) < 4.78 is 3.72. The fraction of sp³-hybridized carbons (Fsp3) is 0.188. The molecule has 4 aromatic rings. The second kappa shape index (κ2) is 5.12. The first-order valence-corrected chi connectivity index (χ1v) is 7.43. The lowest BCUT2D eigenvalue weighted by atomic mass is 10.2. The minimum Gasteiger partial charge on any atom is -0.288 e. The van der Waals surface area contributed by atoms with Gasteiger partial charge in [-0.25, -0.2) is 9.97 Å². The maximum absolute atomic E-state index is 10.9. The van der Waals surface area contributed by atoms with Crippen LogP contribution < -0.4 is 0 Å². The molecule has 0 unspecified atom stereocenters. The number of fused-ring (bicyclic) bond motifs is 2. The zero-order chi connectivity index (χ0) is 16.8. The van der Waals surface area contributed by atoms with E-state index in [2.05, 4.69) is 15.1 Å². The number of aryl methyl sites for hydroxylation is 2. The van der Waals surface area contributed by atoms with Crippen molar-refractivity contribution in [3.05, 3.63) is 63.9 Å². The van der Waals surface area contributed by atoms with E-state index in [-0.39, 0.29) is 5.69 Å². The van der Waals surface area contributed by atoms with Gasteiger partial charge in [0.25, 0.3) is 5.69 Å². The molecule has 0 N–H and O–H groups in total. The van der Waals surface area contributed by atoms with Crippen molar-refractivity contribution in [3.63, 3.8) is 0 Å². The van der Waals surface area contributed by atoms with E-state index in [4.69, 9.17) is 0 Å². The van der Waals surface area contributed by atoms with Crippen LogP contribution in [0.25, 0.3) is 16.7 Å². The van der Waals surface area contributed by atoms with Crippen LogP contribution in [0.1, 0.15) is 17.1 Å². The highest BCUT2D eigenvalue weighted by molar-refractivity contribution is 5.81. The largest absolute Gasteiger partial charge is 0.288 e. The van der Waals surface area contributed by atoms with E-state index >= 15 is 0 Å². The van der Waals surface area contributed by atoms with Crippen LogP contribution in [0.5, 0.6) is 0 Å². The number of hydrogen-bond acceptors (Lipinski definition) is 5. The molecule has 3 aromatic heterocycles. The molecule has 0 radical (unpaired) electrons. The van der Waals surface area contributed by atoms with E-state index in [1.54, 1.807) is 16.9 Å². The fourth-order valence-electron chi connectivity index (χ4n) is 2.86. The number of benzene rings is 1. The van der Waals surface area contributed by atoms with Crippen LogP contribution in [0.3, 0.4) is 0 Å². The smallest absolute Gasteiger partial charge is 0.270 e. The molecule has 0 saturated carbocycles. The second-order valence-electron chi connectivity index (χ2n) is 5.74. The number of non-ortho nitro benzene ring substituents is 1. The van der Waals surface area contributed by atoms with Crippen molar-refractivity contribution in [2.75, 3.05) is 0 Å². The SMILES string of the molecule is Cc1cc(C)n2cc(Cn3ncc4cc([N+](=O)[O-])ccc43)nc2n1. The summed E-state index contributed by atoms with van der Waals surface area (Å²) in [5.41, 5.74) is 3.72. The normalized spacial score (nSPS) is 11.4. The average Bonchev–Trinajstić information content (AvgIpc) is 3.11. The van der Waals surface area contributed by atoms with Crippen molar-refractivity contribution in [2.24, 2.45) is 0 Å². The summed E-state index contributed by atoms with van der Waals surface area (Å²) in [7, 11) is 0. The zero-order valence-corrected chi connectivity index (χ0v) is 13.2. The lowest BCUT2D eigenvalue weighted by molar-refractivity contribution is -0.384. The molecule has 3 heterocycles. The molecule has 8 nitrogen and oxygen atoms in total. The Labute approximate surface area is 136 Å². The maximum atomic E-state index is 10.9. The molecule has 0 amide bonds. The van der Waals surface area contributed by atoms with Gasteiger partial charge in [0.05, 0.1) is 28.9 Å². The van der Waals surface area contributed by atoms with Crippen molar-refractivity contribution >= 4 is 22.4 Å². The molecule has 24 heavy (non-hydrogen) atoms. The molecular weight excluding hydrogens is 308 g/mol. The van der Waals surface area contributed by atoms with E-state index in [0.29, 0.717) is 12.3 Å². The van der Waals surface area contributed by atoms with E-state index in [1.165, 1.54) is 12.1 Å². The molecule has 0 fully saturated rings. The van der Waals surface area contributed by atoms with Gasteiger partial charge in [-0.3, -0.25) is 19.2 Å². The van der Waals surface area contributed by atoms with Gasteiger partial charge in [0.1, 0.15) is 0 Å². The van der Waals surface area contributed by atoms with Gasteiger partial charge in [-0.2, -0.15) is 5.10 Å². The van der Waals surface area contributed by atoms with Gasteiger partial charge in [-0.1, -0.05) is 0 Å². The fourth-order valence-corrected chi connectivity index (χ4v) is 2.86. The lowest BCUT2D eigenvalue weighted by Crippen LogP contribution is -2.01. The Hall–Kier alpha value is -3.29. The molecule has 0 atom stereocenters. The molecule has 0 aliphatic rings. The zero-order valence-electron chi connectivity index (χ0n) is 13.2. The number of nitro benzene ring substituents is 1. The topological polar surface area (TPSA) is 91.2 Å². The molecule has 0 spiro atoms. The summed E-state index contributed by atoms with van der Waals surface area (Å²) in [6.07, 6.45) is 3.57. The van der Waals surface area contributed by atoms with Crippen LogP contribution in [-0.4, -0.2) is 29.1 Å². The minimum atomic E-state index is -0.407. The first-order chi connectivity index (χ1) is 11.5. The van der Waals surface area contributed by atoms with Crippen molar-refractivity contribution in [1.82, 2.24) is 24.1 Å². The number of imidazole rings is 1. The Morgan fingerprint density at radius 1 is 1.21 bits per heavy atom. The third-order valence-electron chi connectivity index (χ3n) is 3.96. The summed E-state index contributed by atoms with van der Waals surface area (Å²) >= 11 is 0. The number of aromatic nitrogens is 5. The summed E-state index contributed by atoms with van der Waals surface area (Å²) in [6.45, 7) is 4.42. The highest BCUT2D eigenvalue weighted by atomic mass is 16.6. The minimum absolute atomic E-state index is 0.0603. The van der Waals surface area contributed by atoms with Crippen molar-refractivity contribution < 1.29 is 4.92 Å². The quantitative estimate of drug-likeness (QED) is 0.427. The van der Waals surface area contributed by atoms with Crippen LogP contribution in [0.2, 0.25) is 0 Å². The Balaban J connectivity index is 1.74. The molecular formula is C16H14N6O2. The van der Waals surface area contributed by atoms with E-state index in [9.17, 15) is 10.1 Å². The number of nitrogens with zero attached hydrogens (tertiary/aromatic N) is 6. The molecule has 0 bridgehead atoms. The van der Waals surface area contributed by atoms with E-state index in [0.717, 1.165) is 28.0 Å². The van der Waals surface area contributed by atoms with Crippen molar-refractivity contribution in [2.45, 2.75) is 20.4 Å². The lowest BCUT2D eigenvalue weighted by Gasteiger charge is -2.00. The van der Waals surface area contributed by atoms with Crippen LogP contribution >= 0.6 is 0 Å². The van der Waals surface area contributed by atoms with Gasteiger partial charge in [0, 0.05) is 35.1 Å². The Morgan fingerprint density at radius 2 is 2.04 bits per heavy atom. The Morgan fingerprint density at radius 3 is 2.83 bits per heavy atom. The second-order valence-corrected chi connectivity index (χ2v) is 5.74. The predicted octanol–water partition coefficient (Wildman–Crippen LogP) is 2.65. The molecule has 4 rings (SSSR count). The third kappa shape index (κ3) is 2.28. The van der Waals surface area contributed by atoms with Gasteiger partial charge >= 0.3 is 0 Å². The standard InChI is InChI=1S/C16H14N6O2/c1-10-5-11(2)20-8-13(19-16(20)18-10)9-21-15-4-3-14(22(23)24)6-12(15)7-17-21/h3-8H,9H2,1-2H3. The van der Waals surface area contributed by atoms with Gasteiger partial charge in [-0.05, 0) is 26.0 Å². The molecule has 0 aliphatic heterocycles. The number of hydrogen-bond donors (Lipinski definition) is 0. The predicted molar refractivity (Wildman–Crippen MR) is 88.0 cm³/mol. The number of nitro groups is 1. The summed E-state index contributed by atoms with van der Waals surface area (Å²) in [6, 6.07) is 6.72. The Kier molecular flexibility index (Phi) is 3.05. The molecule has 120 valence electrons. The van der Waals surface area contributed by atoms with Gasteiger partial charge in [0.15, 0.2) is 0 Å². The maximum Gasteiger partial charge on any atom is 0.270 e. The molecule has 0 saturated heterocycles. The monoisotopic (exact) mass is 322 g/mol. The van der Waals surface area contributed by atoms with Gasteiger partial charge in [0.2, 0.25) is 5.78 Å². The van der Waals surface area contributed by atoms with Gasteiger partial charge in [-0.15, -0.1) is 0 Å². The average molecular weight is 322 g/mol. The highest BCUT2D eigenvalue weighted by Gasteiger charge is 2.12. The van der Waals surface area contributed by atoms with Gasteiger partial charge < -0.3 is 0 Å². The van der Waals surface area contributed by atoms with E-state index in [1.807, 2.05) is 30.5 Å².